The number of carboxylic acids is 1. The molecule has 2 aromatic rings. The summed E-state index contributed by atoms with van der Waals surface area (Å²) in [6, 6.07) is 13.2. The summed E-state index contributed by atoms with van der Waals surface area (Å²) in [6.45, 7) is 6.79. The Kier molecular flexibility index (Phi) is 6.54. The van der Waals surface area contributed by atoms with Gasteiger partial charge in [0, 0.05) is 31.2 Å². The van der Waals surface area contributed by atoms with Crippen molar-refractivity contribution >= 4 is 29.1 Å². The summed E-state index contributed by atoms with van der Waals surface area (Å²) in [5, 5.41) is 9.60. The zero-order valence-electron chi connectivity index (χ0n) is 16.1. The molecule has 2 aliphatic rings. The molecule has 0 spiro atoms. The van der Waals surface area contributed by atoms with Gasteiger partial charge in [-0.05, 0) is 30.3 Å². The third-order valence-electron chi connectivity index (χ3n) is 4.52. The lowest BCUT2D eigenvalue weighted by molar-refractivity contribution is -0.138. The summed E-state index contributed by atoms with van der Waals surface area (Å²) in [4.78, 5) is 19.9. The molecular formula is C21H24ClN3O3. The molecule has 0 atom stereocenters. The molecular weight excluding hydrogens is 378 g/mol. The van der Waals surface area contributed by atoms with Crippen molar-refractivity contribution in [2.24, 2.45) is 4.99 Å². The van der Waals surface area contributed by atoms with Crippen molar-refractivity contribution in [2.75, 3.05) is 32.7 Å². The van der Waals surface area contributed by atoms with E-state index in [1.807, 2.05) is 55.1 Å². The van der Waals surface area contributed by atoms with Gasteiger partial charge in [-0.15, -0.1) is 0 Å². The molecule has 0 saturated carbocycles. The first-order chi connectivity index (χ1) is 13.6. The maximum Gasteiger partial charge on any atom is 0.317 e. The molecule has 0 bridgehead atoms. The van der Waals surface area contributed by atoms with Gasteiger partial charge in [-0.25, -0.2) is 4.99 Å². The Bertz CT molecular complexity index is 877. The van der Waals surface area contributed by atoms with Crippen molar-refractivity contribution < 1.29 is 14.6 Å². The van der Waals surface area contributed by atoms with Crippen molar-refractivity contribution in [1.82, 2.24) is 9.80 Å². The fourth-order valence-electron chi connectivity index (χ4n) is 3.24. The minimum absolute atomic E-state index is 0.0642. The van der Waals surface area contributed by atoms with Gasteiger partial charge in [-0.3, -0.25) is 9.69 Å². The molecule has 4 rings (SSSR count). The standard InChI is InChI=1S/C19H18ClN3O3.C2H6/c20-13-5-6-16-14(11-13)19(21-15-3-1-2-4-17(15)26-16)23-9-7-22(8-10-23)12-18(24)25;1-2/h1-6,11H,7-10,12H2,(H,24,25);1-2H3. The number of carboxylic acid groups (broad SMARTS) is 1. The van der Waals surface area contributed by atoms with E-state index >= 15 is 0 Å². The van der Waals surface area contributed by atoms with Gasteiger partial charge < -0.3 is 14.7 Å². The van der Waals surface area contributed by atoms with E-state index in [4.69, 9.17) is 26.4 Å². The fraction of sp³-hybridized carbons (Fsp3) is 0.333. The van der Waals surface area contributed by atoms with Crippen LogP contribution < -0.4 is 4.74 Å². The van der Waals surface area contributed by atoms with E-state index in [1.54, 1.807) is 6.07 Å². The maximum absolute atomic E-state index is 10.9. The van der Waals surface area contributed by atoms with Crippen LogP contribution in [0.4, 0.5) is 5.69 Å². The number of benzene rings is 2. The van der Waals surface area contributed by atoms with E-state index in [2.05, 4.69) is 4.90 Å². The number of aliphatic carboxylic acids is 1. The van der Waals surface area contributed by atoms with Crippen LogP contribution in [-0.4, -0.2) is 59.4 Å². The number of amidine groups is 1. The number of rotatable bonds is 2. The van der Waals surface area contributed by atoms with Gasteiger partial charge >= 0.3 is 5.97 Å². The third-order valence-corrected chi connectivity index (χ3v) is 4.76. The van der Waals surface area contributed by atoms with Crippen molar-refractivity contribution in [1.29, 1.82) is 0 Å². The molecule has 1 fully saturated rings. The monoisotopic (exact) mass is 401 g/mol. The van der Waals surface area contributed by atoms with E-state index in [1.165, 1.54) is 0 Å². The van der Waals surface area contributed by atoms with Crippen LogP contribution in [0.2, 0.25) is 5.02 Å². The Hall–Kier alpha value is -2.57. The SMILES string of the molecule is CC.O=C(O)CN1CCN(C2=Nc3ccccc3Oc3ccc(Cl)cc32)CC1. The van der Waals surface area contributed by atoms with Gasteiger partial charge in [-0.1, -0.05) is 37.6 Å². The molecule has 148 valence electrons. The number of aliphatic imine (C=N–C) groups is 1. The second kappa shape index (κ2) is 9.08. The van der Waals surface area contributed by atoms with E-state index in [0.29, 0.717) is 42.7 Å². The number of ether oxygens (including phenoxy) is 1. The molecule has 0 aromatic heterocycles. The number of hydrogen-bond acceptors (Lipinski definition) is 5. The van der Waals surface area contributed by atoms with Gasteiger partial charge in [0.25, 0.3) is 0 Å². The molecule has 0 radical (unpaired) electrons. The van der Waals surface area contributed by atoms with Gasteiger partial charge in [0.15, 0.2) is 5.75 Å². The topological polar surface area (TPSA) is 65.4 Å². The van der Waals surface area contributed by atoms with E-state index in [0.717, 1.165) is 17.1 Å². The Morgan fingerprint density at radius 3 is 2.54 bits per heavy atom. The Morgan fingerprint density at radius 1 is 1.11 bits per heavy atom. The molecule has 6 nitrogen and oxygen atoms in total. The second-order valence-corrected chi connectivity index (χ2v) is 6.74. The van der Waals surface area contributed by atoms with Crippen LogP contribution in [0.25, 0.3) is 0 Å². The Morgan fingerprint density at radius 2 is 1.82 bits per heavy atom. The zero-order valence-corrected chi connectivity index (χ0v) is 16.8. The largest absolute Gasteiger partial charge is 0.480 e. The van der Waals surface area contributed by atoms with Crippen molar-refractivity contribution in [2.45, 2.75) is 13.8 Å². The predicted octanol–water partition coefficient (Wildman–Crippen LogP) is 4.25. The summed E-state index contributed by atoms with van der Waals surface area (Å²) < 4.78 is 6.06. The van der Waals surface area contributed by atoms with Crippen LogP contribution in [0.5, 0.6) is 11.5 Å². The van der Waals surface area contributed by atoms with E-state index < -0.39 is 5.97 Å². The van der Waals surface area contributed by atoms with Crippen LogP contribution in [-0.2, 0) is 4.79 Å². The van der Waals surface area contributed by atoms with Crippen molar-refractivity contribution in [3.63, 3.8) is 0 Å². The lowest BCUT2D eigenvalue weighted by Gasteiger charge is -2.35. The molecule has 0 unspecified atom stereocenters. The zero-order chi connectivity index (χ0) is 20.1. The average Bonchev–Trinajstić information content (AvgIpc) is 2.86. The third kappa shape index (κ3) is 4.46. The van der Waals surface area contributed by atoms with Crippen LogP contribution in [0, 0.1) is 0 Å². The first-order valence-electron chi connectivity index (χ1n) is 9.45. The highest BCUT2D eigenvalue weighted by molar-refractivity contribution is 6.31. The van der Waals surface area contributed by atoms with Crippen LogP contribution >= 0.6 is 11.6 Å². The number of halogens is 1. The summed E-state index contributed by atoms with van der Waals surface area (Å²) in [5.74, 6) is 1.42. The van der Waals surface area contributed by atoms with Crippen molar-refractivity contribution in [3.05, 3.63) is 53.1 Å². The van der Waals surface area contributed by atoms with Gasteiger partial charge in [0.2, 0.25) is 0 Å². The number of carbonyl (C=O) groups is 1. The highest BCUT2D eigenvalue weighted by Gasteiger charge is 2.26. The molecule has 2 heterocycles. The lowest BCUT2D eigenvalue weighted by Crippen LogP contribution is -2.50. The highest BCUT2D eigenvalue weighted by atomic mass is 35.5. The van der Waals surface area contributed by atoms with Crippen LogP contribution in [0.1, 0.15) is 19.4 Å². The van der Waals surface area contributed by atoms with E-state index in [9.17, 15) is 4.79 Å². The number of para-hydroxylation sites is 2. The fourth-order valence-corrected chi connectivity index (χ4v) is 3.42. The van der Waals surface area contributed by atoms with Crippen LogP contribution in [0.3, 0.4) is 0 Å². The lowest BCUT2D eigenvalue weighted by atomic mass is 10.1. The summed E-state index contributed by atoms with van der Waals surface area (Å²) in [6.07, 6.45) is 0. The quantitative estimate of drug-likeness (QED) is 0.814. The Balaban J connectivity index is 0.00000109. The highest BCUT2D eigenvalue weighted by Crippen LogP contribution is 2.38. The normalized spacial score (nSPS) is 15.8. The minimum Gasteiger partial charge on any atom is -0.480 e. The average molecular weight is 402 g/mol. The number of fused-ring (bicyclic) bond motifs is 2. The first-order valence-corrected chi connectivity index (χ1v) is 9.82. The Labute approximate surface area is 170 Å². The number of hydrogen-bond donors (Lipinski definition) is 1. The molecule has 1 saturated heterocycles. The maximum atomic E-state index is 10.9. The molecule has 2 aromatic carbocycles. The molecule has 1 N–H and O–H groups in total. The van der Waals surface area contributed by atoms with Gasteiger partial charge in [0.05, 0.1) is 12.1 Å². The first kappa shape index (κ1) is 20.2. The molecule has 0 amide bonds. The predicted molar refractivity (Wildman–Crippen MR) is 111 cm³/mol. The van der Waals surface area contributed by atoms with E-state index in [-0.39, 0.29) is 6.54 Å². The van der Waals surface area contributed by atoms with Gasteiger partial charge in [-0.2, -0.15) is 0 Å². The summed E-state index contributed by atoms with van der Waals surface area (Å²) >= 11 is 6.22. The number of nitrogens with zero attached hydrogens (tertiary/aromatic N) is 3. The second-order valence-electron chi connectivity index (χ2n) is 6.30. The minimum atomic E-state index is -0.801. The van der Waals surface area contributed by atoms with Crippen LogP contribution in [0.15, 0.2) is 47.5 Å². The molecule has 28 heavy (non-hydrogen) atoms. The smallest absolute Gasteiger partial charge is 0.317 e. The van der Waals surface area contributed by atoms with Crippen molar-refractivity contribution in [3.8, 4) is 11.5 Å². The molecule has 7 heteroatoms. The molecule has 2 aliphatic heterocycles. The molecule has 0 aliphatic carbocycles. The van der Waals surface area contributed by atoms with Gasteiger partial charge in [0.1, 0.15) is 17.3 Å². The summed E-state index contributed by atoms with van der Waals surface area (Å²) in [7, 11) is 0. The number of piperazine rings is 1. The summed E-state index contributed by atoms with van der Waals surface area (Å²) in [5.41, 5.74) is 1.61.